The molecule has 0 saturated carbocycles. The standard InChI is InChI=1S/C10H14.2C5H8.2C2H6/c1-5-9(6-2)10(7-3)8-4;2*1-3-5-4-2;2*1-2/h5-8H,1,3H2,2,4H3;2*3-5H,1H2,2H3;2*1-2H3/b9-6+,10-8+;2*5-4-;;. The van der Waals surface area contributed by atoms with Crippen LogP contribution in [0.3, 0.4) is 0 Å². The van der Waals surface area contributed by atoms with Crippen molar-refractivity contribution in [1.82, 2.24) is 0 Å². The van der Waals surface area contributed by atoms with Gasteiger partial charge in [0.2, 0.25) is 0 Å². The Bertz CT molecular complexity index is 333. The second kappa shape index (κ2) is 42.8. The van der Waals surface area contributed by atoms with Crippen molar-refractivity contribution in [2.45, 2.75) is 55.4 Å². The summed E-state index contributed by atoms with van der Waals surface area (Å²) >= 11 is 0. The van der Waals surface area contributed by atoms with Crippen LogP contribution in [-0.2, 0) is 0 Å². The van der Waals surface area contributed by atoms with Crippen LogP contribution in [0, 0.1) is 0 Å². The fourth-order valence-corrected chi connectivity index (χ4v) is 1.08. The topological polar surface area (TPSA) is 0 Å². The van der Waals surface area contributed by atoms with E-state index in [0.29, 0.717) is 0 Å². The summed E-state index contributed by atoms with van der Waals surface area (Å²) in [6, 6.07) is 0. The Morgan fingerprint density at radius 2 is 0.792 bits per heavy atom. The molecule has 0 heterocycles. The van der Waals surface area contributed by atoms with E-state index in [-0.39, 0.29) is 0 Å². The molecule has 24 heavy (non-hydrogen) atoms. The Balaban J connectivity index is -0.0000000731. The molecule has 0 aromatic heterocycles. The average molecular weight is 331 g/mol. The maximum Gasteiger partial charge on any atom is -0.0236 e. The van der Waals surface area contributed by atoms with Crippen molar-refractivity contribution in [3.8, 4) is 0 Å². The molecule has 0 heteroatoms. The largest absolute Gasteiger partial charge is 0.0991 e. The first kappa shape index (κ1) is 33.5. The summed E-state index contributed by atoms with van der Waals surface area (Å²) in [6.45, 7) is 30.2. The van der Waals surface area contributed by atoms with Gasteiger partial charge < -0.3 is 0 Å². The zero-order valence-electron chi connectivity index (χ0n) is 17.6. The van der Waals surface area contributed by atoms with Gasteiger partial charge in [0.05, 0.1) is 0 Å². The van der Waals surface area contributed by atoms with Crippen LogP contribution in [0.2, 0.25) is 0 Å². The lowest BCUT2D eigenvalue weighted by Crippen LogP contribution is -1.79. The van der Waals surface area contributed by atoms with E-state index in [1.54, 1.807) is 12.2 Å². The van der Waals surface area contributed by atoms with Crippen LogP contribution in [0.5, 0.6) is 0 Å². The van der Waals surface area contributed by atoms with Crippen molar-refractivity contribution in [2.24, 2.45) is 0 Å². The van der Waals surface area contributed by atoms with Crippen LogP contribution >= 0.6 is 0 Å². The van der Waals surface area contributed by atoms with E-state index < -0.39 is 0 Å². The van der Waals surface area contributed by atoms with Gasteiger partial charge in [0, 0.05) is 0 Å². The third-order valence-corrected chi connectivity index (χ3v) is 2.05. The van der Waals surface area contributed by atoms with Crippen LogP contribution in [0.15, 0.2) is 98.2 Å². The fraction of sp³-hybridized carbons (Fsp3) is 0.333. The summed E-state index contributed by atoms with van der Waals surface area (Å²) < 4.78 is 0. The van der Waals surface area contributed by atoms with Crippen LogP contribution in [0.1, 0.15) is 55.4 Å². The van der Waals surface area contributed by atoms with Gasteiger partial charge in [-0.25, -0.2) is 0 Å². The molecule has 0 aliphatic rings. The highest BCUT2D eigenvalue weighted by molar-refractivity contribution is 5.44. The normalized spacial score (nSPS) is 9.67. The van der Waals surface area contributed by atoms with Gasteiger partial charge in [0.15, 0.2) is 0 Å². The minimum absolute atomic E-state index is 1.14. The Kier molecular flexibility index (Phi) is 59.8. The first-order valence-corrected chi connectivity index (χ1v) is 8.68. The molecule has 0 saturated heterocycles. The van der Waals surface area contributed by atoms with Gasteiger partial charge in [-0.15, -0.1) is 0 Å². The summed E-state index contributed by atoms with van der Waals surface area (Å²) in [5.41, 5.74) is 2.27. The van der Waals surface area contributed by atoms with Crippen molar-refractivity contribution in [2.75, 3.05) is 0 Å². The van der Waals surface area contributed by atoms with Crippen molar-refractivity contribution in [3.63, 3.8) is 0 Å². The van der Waals surface area contributed by atoms with Crippen molar-refractivity contribution in [3.05, 3.63) is 98.2 Å². The first-order valence-electron chi connectivity index (χ1n) is 8.68. The van der Waals surface area contributed by atoms with Crippen LogP contribution in [0.4, 0.5) is 0 Å². The van der Waals surface area contributed by atoms with E-state index in [0.717, 1.165) is 11.1 Å². The molecule has 0 aromatic rings. The van der Waals surface area contributed by atoms with Crippen LogP contribution in [0.25, 0.3) is 0 Å². The number of allylic oxidation sites excluding steroid dienone is 12. The fourth-order valence-electron chi connectivity index (χ4n) is 1.08. The summed E-state index contributed by atoms with van der Waals surface area (Å²) in [4.78, 5) is 0. The predicted octanol–water partition coefficient (Wildman–Crippen LogP) is 8.80. The quantitative estimate of drug-likeness (QED) is 0.442. The zero-order valence-corrected chi connectivity index (χ0v) is 17.6. The molecule has 0 aliphatic carbocycles. The molecule has 0 aliphatic heterocycles. The number of hydrogen-bond acceptors (Lipinski definition) is 0. The Hall–Kier alpha value is -2.08. The third kappa shape index (κ3) is 36.8. The molecule has 0 N–H and O–H groups in total. The number of hydrogen-bond donors (Lipinski definition) is 0. The smallest absolute Gasteiger partial charge is 0.0236 e. The van der Waals surface area contributed by atoms with Gasteiger partial charge in [0.1, 0.15) is 0 Å². The monoisotopic (exact) mass is 330 g/mol. The molecule has 0 spiro atoms. The van der Waals surface area contributed by atoms with Crippen molar-refractivity contribution < 1.29 is 0 Å². The Morgan fingerprint density at radius 3 is 0.833 bits per heavy atom. The van der Waals surface area contributed by atoms with Gasteiger partial charge in [-0.3, -0.25) is 0 Å². The van der Waals surface area contributed by atoms with E-state index in [1.165, 1.54) is 0 Å². The molecule has 0 fully saturated rings. The van der Waals surface area contributed by atoms with E-state index in [2.05, 4.69) is 26.3 Å². The molecule has 0 aromatic carbocycles. The summed E-state index contributed by atoms with van der Waals surface area (Å²) in [7, 11) is 0. The maximum atomic E-state index is 3.69. The molecular formula is C24H42. The first-order chi connectivity index (χ1) is 11.6. The molecule has 0 unspecified atom stereocenters. The lowest BCUT2D eigenvalue weighted by molar-refractivity contribution is 1.48. The van der Waals surface area contributed by atoms with E-state index >= 15 is 0 Å². The lowest BCUT2D eigenvalue weighted by atomic mass is 10.1. The van der Waals surface area contributed by atoms with Gasteiger partial charge in [-0.05, 0) is 38.8 Å². The summed E-state index contributed by atoms with van der Waals surface area (Å²) in [5.74, 6) is 0. The molecule has 0 bridgehead atoms. The average Bonchev–Trinajstić information content (AvgIpc) is 2.65. The zero-order chi connectivity index (χ0) is 20.2. The SMILES string of the molecule is C=C/C=C\C.C=C/C=C\C.C=CC(=C\C)/C(C=C)=C/C.CC.CC. The maximum absolute atomic E-state index is 3.69. The van der Waals surface area contributed by atoms with Gasteiger partial charge in [-0.2, -0.15) is 0 Å². The lowest BCUT2D eigenvalue weighted by Gasteiger charge is -1.98. The van der Waals surface area contributed by atoms with E-state index in [9.17, 15) is 0 Å². The predicted molar refractivity (Wildman–Crippen MR) is 121 cm³/mol. The molecule has 138 valence electrons. The van der Waals surface area contributed by atoms with Crippen LogP contribution in [-0.4, -0.2) is 0 Å². The molecule has 0 rings (SSSR count). The number of rotatable bonds is 5. The molecule has 0 atom stereocenters. The van der Waals surface area contributed by atoms with Gasteiger partial charge in [0.25, 0.3) is 0 Å². The van der Waals surface area contributed by atoms with Gasteiger partial charge in [-0.1, -0.05) is 115 Å². The highest BCUT2D eigenvalue weighted by atomic mass is 14.0. The highest BCUT2D eigenvalue weighted by Crippen LogP contribution is 2.10. The van der Waals surface area contributed by atoms with E-state index in [4.69, 9.17) is 0 Å². The second-order valence-electron chi connectivity index (χ2n) is 3.42. The molecule has 0 radical (unpaired) electrons. The Morgan fingerprint density at radius 1 is 0.542 bits per heavy atom. The second-order valence-corrected chi connectivity index (χ2v) is 3.42. The highest BCUT2D eigenvalue weighted by Gasteiger charge is 1.91. The van der Waals surface area contributed by atoms with Gasteiger partial charge >= 0.3 is 0 Å². The van der Waals surface area contributed by atoms with Crippen molar-refractivity contribution in [1.29, 1.82) is 0 Å². The Labute approximate surface area is 154 Å². The molecule has 0 amide bonds. The summed E-state index contributed by atoms with van der Waals surface area (Å²) in [5, 5.41) is 0. The molecule has 0 nitrogen and oxygen atoms in total. The van der Waals surface area contributed by atoms with Crippen molar-refractivity contribution >= 4 is 0 Å². The molecular weight excluding hydrogens is 288 g/mol. The minimum Gasteiger partial charge on any atom is -0.0991 e. The third-order valence-electron chi connectivity index (χ3n) is 2.05. The van der Waals surface area contributed by atoms with Crippen LogP contribution < -0.4 is 0 Å². The summed E-state index contributed by atoms with van der Waals surface area (Å²) in [6.07, 6.45) is 18.8. The minimum atomic E-state index is 1.14. The van der Waals surface area contributed by atoms with E-state index in [1.807, 2.05) is 104 Å².